The largest absolute Gasteiger partial charge is 0.395 e. The maximum atomic E-state index is 12.0. The Morgan fingerprint density at radius 2 is 2.15 bits per heavy atom. The van der Waals surface area contributed by atoms with E-state index in [4.69, 9.17) is 10.8 Å². The van der Waals surface area contributed by atoms with Gasteiger partial charge in [0.15, 0.2) is 0 Å². The highest BCUT2D eigenvalue weighted by molar-refractivity contribution is 5.98. The molecule has 0 aliphatic rings. The number of rotatable bonds is 4. The maximum absolute atomic E-state index is 12.0. The van der Waals surface area contributed by atoms with E-state index in [9.17, 15) is 9.59 Å². The number of aliphatic hydroxyl groups is 1. The highest BCUT2D eigenvalue weighted by atomic mass is 16.2. The van der Waals surface area contributed by atoms with Crippen molar-refractivity contribution in [1.82, 2.24) is 10.3 Å². The molecule has 106 valence electrons. The Bertz CT molecular complexity index is 571. The minimum Gasteiger partial charge on any atom is -0.395 e. The molecule has 0 unspecified atom stereocenters. The van der Waals surface area contributed by atoms with Crippen LogP contribution in [0.1, 0.15) is 36.2 Å². The van der Waals surface area contributed by atoms with Crippen molar-refractivity contribution in [2.24, 2.45) is 5.73 Å². The molecule has 0 spiro atoms. The summed E-state index contributed by atoms with van der Waals surface area (Å²) in [4.78, 5) is 27.1. The molecule has 1 aromatic rings. The summed E-state index contributed by atoms with van der Waals surface area (Å²) in [5.41, 5.74) is 4.89. The van der Waals surface area contributed by atoms with Crippen molar-refractivity contribution in [2.45, 2.75) is 25.8 Å². The lowest BCUT2D eigenvalue weighted by Gasteiger charge is -2.22. The second kappa shape index (κ2) is 6.68. The minimum atomic E-state index is -1.14. The number of hydrogen-bond donors (Lipinski definition) is 3. The Morgan fingerprint density at radius 3 is 2.75 bits per heavy atom. The van der Waals surface area contributed by atoms with Crippen LogP contribution >= 0.6 is 0 Å². The molecule has 0 radical (unpaired) electrons. The van der Waals surface area contributed by atoms with Crippen molar-refractivity contribution in [3.05, 3.63) is 29.6 Å². The molecule has 0 bridgehead atoms. The van der Waals surface area contributed by atoms with Crippen LogP contribution in [0.2, 0.25) is 0 Å². The summed E-state index contributed by atoms with van der Waals surface area (Å²) in [6.07, 6.45) is 3.25. The SMILES string of the molecule is CC(C)(NC(=O)c1cncc(C#CCCO)c1)C(N)=O. The molecular weight excluding hydrogens is 258 g/mol. The van der Waals surface area contributed by atoms with E-state index in [-0.39, 0.29) is 12.2 Å². The number of primary amides is 1. The third-order valence-corrected chi connectivity index (χ3v) is 2.51. The molecular formula is C14H17N3O3. The number of amides is 2. The Morgan fingerprint density at radius 1 is 1.45 bits per heavy atom. The molecule has 4 N–H and O–H groups in total. The Kier molecular flexibility index (Phi) is 5.23. The van der Waals surface area contributed by atoms with Crippen LogP contribution in [-0.2, 0) is 4.79 Å². The predicted molar refractivity (Wildman–Crippen MR) is 73.6 cm³/mol. The topological polar surface area (TPSA) is 105 Å². The molecule has 6 nitrogen and oxygen atoms in total. The fourth-order valence-corrected chi connectivity index (χ4v) is 1.27. The number of carbonyl (C=O) groups is 2. The lowest BCUT2D eigenvalue weighted by atomic mass is 10.0. The van der Waals surface area contributed by atoms with Crippen LogP contribution in [0.15, 0.2) is 18.5 Å². The van der Waals surface area contributed by atoms with Gasteiger partial charge in [0.2, 0.25) is 5.91 Å². The summed E-state index contributed by atoms with van der Waals surface area (Å²) in [7, 11) is 0. The quantitative estimate of drug-likeness (QED) is 0.662. The van der Waals surface area contributed by atoms with E-state index < -0.39 is 17.4 Å². The van der Waals surface area contributed by atoms with Gasteiger partial charge < -0.3 is 16.2 Å². The van der Waals surface area contributed by atoms with E-state index in [0.29, 0.717) is 12.0 Å². The van der Waals surface area contributed by atoms with Crippen LogP contribution in [0, 0.1) is 11.8 Å². The predicted octanol–water partition coefficient (Wildman–Crippen LogP) is -0.191. The van der Waals surface area contributed by atoms with E-state index in [1.165, 1.54) is 26.2 Å². The molecule has 0 aliphatic heterocycles. The smallest absolute Gasteiger partial charge is 0.253 e. The van der Waals surface area contributed by atoms with Crippen molar-refractivity contribution < 1.29 is 14.7 Å². The number of hydrogen-bond acceptors (Lipinski definition) is 4. The van der Waals surface area contributed by atoms with Gasteiger partial charge in [0, 0.05) is 24.4 Å². The van der Waals surface area contributed by atoms with Crippen molar-refractivity contribution in [1.29, 1.82) is 0 Å². The molecule has 0 aliphatic carbocycles. The Labute approximate surface area is 117 Å². The monoisotopic (exact) mass is 275 g/mol. The van der Waals surface area contributed by atoms with Gasteiger partial charge in [-0.15, -0.1) is 0 Å². The van der Waals surface area contributed by atoms with E-state index in [2.05, 4.69) is 22.1 Å². The van der Waals surface area contributed by atoms with Crippen LogP contribution in [0.4, 0.5) is 0 Å². The van der Waals surface area contributed by atoms with Gasteiger partial charge in [0.25, 0.3) is 5.91 Å². The van der Waals surface area contributed by atoms with E-state index >= 15 is 0 Å². The molecule has 6 heteroatoms. The minimum absolute atomic E-state index is 0.0204. The molecule has 0 saturated heterocycles. The highest BCUT2D eigenvalue weighted by Gasteiger charge is 2.27. The summed E-state index contributed by atoms with van der Waals surface area (Å²) in [6, 6.07) is 1.56. The fraction of sp³-hybridized carbons (Fsp3) is 0.357. The first kappa shape index (κ1) is 15.7. The van der Waals surface area contributed by atoms with Crippen LogP contribution in [0.3, 0.4) is 0 Å². The van der Waals surface area contributed by atoms with Gasteiger partial charge in [-0.25, -0.2) is 0 Å². The molecule has 0 aromatic carbocycles. The standard InChI is InChI=1S/C14H17N3O3/c1-14(2,13(15)20)17-12(19)11-7-10(8-16-9-11)5-3-4-6-18/h7-9,18H,4,6H2,1-2H3,(H2,15,20)(H,17,19). The van der Waals surface area contributed by atoms with Crippen molar-refractivity contribution in [3.8, 4) is 11.8 Å². The van der Waals surface area contributed by atoms with E-state index in [1.807, 2.05) is 0 Å². The van der Waals surface area contributed by atoms with Crippen molar-refractivity contribution >= 4 is 11.8 Å². The van der Waals surface area contributed by atoms with Gasteiger partial charge in [0.1, 0.15) is 5.54 Å². The Balaban J connectivity index is 2.88. The molecule has 0 atom stereocenters. The first-order valence-electron chi connectivity index (χ1n) is 6.04. The van der Waals surface area contributed by atoms with Crippen LogP contribution in [-0.4, -0.2) is 34.1 Å². The van der Waals surface area contributed by atoms with Crippen LogP contribution in [0.5, 0.6) is 0 Å². The zero-order valence-corrected chi connectivity index (χ0v) is 11.4. The molecule has 20 heavy (non-hydrogen) atoms. The maximum Gasteiger partial charge on any atom is 0.253 e. The molecule has 2 amide bonds. The molecule has 0 fully saturated rings. The summed E-state index contributed by atoms with van der Waals surface area (Å²) < 4.78 is 0. The number of carbonyl (C=O) groups excluding carboxylic acids is 2. The summed E-state index contributed by atoms with van der Waals surface area (Å²) >= 11 is 0. The molecule has 1 heterocycles. The summed E-state index contributed by atoms with van der Waals surface area (Å²) in [5.74, 6) is 4.44. The average molecular weight is 275 g/mol. The van der Waals surface area contributed by atoms with E-state index in [0.717, 1.165) is 0 Å². The number of pyridine rings is 1. The normalized spacial score (nSPS) is 10.3. The second-order valence-electron chi connectivity index (χ2n) is 4.68. The zero-order chi connectivity index (χ0) is 15.2. The number of aromatic nitrogens is 1. The van der Waals surface area contributed by atoms with Gasteiger partial charge in [-0.05, 0) is 19.9 Å². The van der Waals surface area contributed by atoms with Gasteiger partial charge in [-0.2, -0.15) is 0 Å². The lowest BCUT2D eigenvalue weighted by molar-refractivity contribution is -0.122. The zero-order valence-electron chi connectivity index (χ0n) is 11.4. The first-order chi connectivity index (χ1) is 9.36. The molecule has 1 aromatic heterocycles. The van der Waals surface area contributed by atoms with Crippen molar-refractivity contribution in [2.75, 3.05) is 6.61 Å². The summed E-state index contributed by atoms with van der Waals surface area (Å²) in [6.45, 7) is 3.02. The number of nitrogens with two attached hydrogens (primary N) is 1. The van der Waals surface area contributed by atoms with Crippen LogP contribution < -0.4 is 11.1 Å². The fourth-order valence-electron chi connectivity index (χ4n) is 1.27. The molecule has 0 saturated carbocycles. The number of nitrogens with one attached hydrogen (secondary N) is 1. The van der Waals surface area contributed by atoms with Gasteiger partial charge in [-0.3, -0.25) is 14.6 Å². The third-order valence-electron chi connectivity index (χ3n) is 2.51. The molecule has 1 rings (SSSR count). The van der Waals surface area contributed by atoms with Gasteiger partial charge in [-0.1, -0.05) is 11.8 Å². The van der Waals surface area contributed by atoms with Crippen LogP contribution in [0.25, 0.3) is 0 Å². The third kappa shape index (κ3) is 4.37. The number of aliphatic hydroxyl groups excluding tert-OH is 1. The lowest BCUT2D eigenvalue weighted by Crippen LogP contribution is -2.53. The summed E-state index contributed by atoms with van der Waals surface area (Å²) in [5, 5.41) is 11.2. The highest BCUT2D eigenvalue weighted by Crippen LogP contribution is 2.06. The van der Waals surface area contributed by atoms with E-state index in [1.54, 1.807) is 6.07 Å². The first-order valence-corrected chi connectivity index (χ1v) is 6.04. The Hall–Kier alpha value is -2.39. The second-order valence-corrected chi connectivity index (χ2v) is 4.68. The number of nitrogens with zero attached hydrogens (tertiary/aromatic N) is 1. The average Bonchev–Trinajstić information content (AvgIpc) is 2.38. The van der Waals surface area contributed by atoms with Gasteiger partial charge in [0.05, 0.1) is 12.2 Å². The van der Waals surface area contributed by atoms with Gasteiger partial charge >= 0.3 is 0 Å². The van der Waals surface area contributed by atoms with Crippen molar-refractivity contribution in [3.63, 3.8) is 0 Å².